The normalized spacial score (nSPS) is 12.4. The minimum absolute atomic E-state index is 0.531. The number of hydrogen-bond acceptors (Lipinski definition) is 3. The Morgan fingerprint density at radius 1 is 1.35 bits per heavy atom. The van der Waals surface area contributed by atoms with Crippen LogP contribution in [0.25, 0.3) is 0 Å². The summed E-state index contributed by atoms with van der Waals surface area (Å²) in [5, 5.41) is 14.9. The second-order valence-electron chi connectivity index (χ2n) is 5.07. The van der Waals surface area contributed by atoms with Gasteiger partial charge in [-0.3, -0.25) is 4.68 Å². The molecule has 1 N–H and O–H groups in total. The fraction of sp³-hybridized carbons (Fsp3) is 0.438. The lowest BCUT2D eigenvalue weighted by Gasteiger charge is -2.15. The highest BCUT2D eigenvalue weighted by molar-refractivity contribution is 5.39. The average molecular weight is 274 g/mol. The zero-order chi connectivity index (χ0) is 14.7. The predicted octanol–water partition coefficient (Wildman–Crippen LogP) is 2.58. The van der Waals surface area contributed by atoms with Crippen molar-refractivity contribution >= 4 is 0 Å². The van der Waals surface area contributed by atoms with Crippen molar-refractivity contribution in [3.63, 3.8) is 0 Å². The molecule has 0 radical (unpaired) electrons. The Morgan fingerprint density at radius 2 is 2.10 bits per heavy atom. The Morgan fingerprint density at radius 3 is 2.70 bits per heavy atom. The molecule has 0 fully saturated rings. The van der Waals surface area contributed by atoms with E-state index in [0.29, 0.717) is 6.42 Å². The van der Waals surface area contributed by atoms with E-state index in [-0.39, 0.29) is 0 Å². The van der Waals surface area contributed by atoms with Crippen LogP contribution >= 0.6 is 0 Å². The molecule has 0 aliphatic carbocycles. The average Bonchev–Trinajstić information content (AvgIpc) is 2.79. The molecule has 20 heavy (non-hydrogen) atoms. The largest absolute Gasteiger partial charge is 0.496 e. The summed E-state index contributed by atoms with van der Waals surface area (Å²) in [5.74, 6) is 0.732. The molecule has 2 rings (SSSR count). The first-order valence-electron chi connectivity index (χ1n) is 6.89. The lowest BCUT2D eigenvalue weighted by Crippen LogP contribution is -2.08. The molecule has 2 aromatic rings. The first-order chi connectivity index (χ1) is 9.55. The third-order valence-electron chi connectivity index (χ3n) is 3.54. The minimum atomic E-state index is -0.592. The number of ether oxygens (including phenoxy) is 1. The van der Waals surface area contributed by atoms with E-state index in [4.69, 9.17) is 4.74 Å². The van der Waals surface area contributed by atoms with Gasteiger partial charge in [-0.15, -0.1) is 0 Å². The fourth-order valence-corrected chi connectivity index (χ4v) is 2.34. The van der Waals surface area contributed by atoms with Crippen LogP contribution in [0, 0.1) is 6.92 Å². The van der Waals surface area contributed by atoms with Crippen molar-refractivity contribution in [2.24, 2.45) is 7.05 Å². The van der Waals surface area contributed by atoms with Gasteiger partial charge in [0.05, 0.1) is 18.9 Å². The molecule has 0 saturated heterocycles. The second-order valence-corrected chi connectivity index (χ2v) is 5.07. The SMILES string of the molecule is CCc1cc(CC(O)c2ccc(C)cc2OC)n(C)n1. The quantitative estimate of drug-likeness (QED) is 0.911. The summed E-state index contributed by atoms with van der Waals surface area (Å²) in [6.45, 7) is 4.08. The summed E-state index contributed by atoms with van der Waals surface area (Å²) >= 11 is 0. The fourth-order valence-electron chi connectivity index (χ4n) is 2.34. The van der Waals surface area contributed by atoms with Crippen LogP contribution < -0.4 is 4.74 Å². The Labute approximate surface area is 120 Å². The van der Waals surface area contributed by atoms with Crippen LogP contribution in [0.15, 0.2) is 24.3 Å². The van der Waals surface area contributed by atoms with Crippen molar-refractivity contribution in [1.29, 1.82) is 0 Å². The summed E-state index contributed by atoms with van der Waals surface area (Å²) in [6, 6.07) is 7.90. The molecule has 0 amide bonds. The number of hydrogen-bond donors (Lipinski definition) is 1. The number of aliphatic hydroxyl groups is 1. The number of aryl methyl sites for hydroxylation is 3. The van der Waals surface area contributed by atoms with E-state index >= 15 is 0 Å². The summed E-state index contributed by atoms with van der Waals surface area (Å²) < 4.78 is 7.20. The van der Waals surface area contributed by atoms with Crippen molar-refractivity contribution in [1.82, 2.24) is 9.78 Å². The van der Waals surface area contributed by atoms with Gasteiger partial charge in [0, 0.05) is 24.7 Å². The van der Waals surface area contributed by atoms with Gasteiger partial charge in [0.15, 0.2) is 0 Å². The standard InChI is InChI=1S/C16H22N2O2/c1-5-12-9-13(18(3)17-12)10-15(19)14-7-6-11(2)8-16(14)20-4/h6-9,15,19H,5,10H2,1-4H3. The molecule has 0 spiro atoms. The Kier molecular flexibility index (Phi) is 4.45. The van der Waals surface area contributed by atoms with E-state index in [1.54, 1.807) is 7.11 Å². The number of methoxy groups -OCH3 is 1. The van der Waals surface area contributed by atoms with E-state index < -0.39 is 6.10 Å². The first-order valence-corrected chi connectivity index (χ1v) is 6.89. The van der Waals surface area contributed by atoms with Crippen LogP contribution in [-0.4, -0.2) is 22.0 Å². The van der Waals surface area contributed by atoms with Crippen LogP contribution in [0.4, 0.5) is 0 Å². The molecule has 1 unspecified atom stereocenters. The number of aliphatic hydroxyl groups excluding tert-OH is 1. The van der Waals surface area contributed by atoms with E-state index in [2.05, 4.69) is 12.0 Å². The maximum atomic E-state index is 10.5. The lowest BCUT2D eigenvalue weighted by molar-refractivity contribution is 0.171. The predicted molar refractivity (Wildman–Crippen MR) is 79.0 cm³/mol. The monoisotopic (exact) mass is 274 g/mol. The summed E-state index contributed by atoms with van der Waals surface area (Å²) in [7, 11) is 3.54. The number of rotatable bonds is 5. The summed E-state index contributed by atoms with van der Waals surface area (Å²) in [4.78, 5) is 0. The molecule has 0 aliphatic heterocycles. The molecular weight excluding hydrogens is 252 g/mol. The Balaban J connectivity index is 2.23. The van der Waals surface area contributed by atoms with Crippen molar-refractivity contribution in [2.45, 2.75) is 32.8 Å². The van der Waals surface area contributed by atoms with Crippen LogP contribution in [0.2, 0.25) is 0 Å². The molecule has 0 aliphatic rings. The molecule has 1 aromatic heterocycles. The van der Waals surface area contributed by atoms with Gasteiger partial charge in [0.1, 0.15) is 5.75 Å². The summed E-state index contributed by atoms with van der Waals surface area (Å²) in [5.41, 5.74) is 4.01. The second kappa shape index (κ2) is 6.09. The number of benzene rings is 1. The lowest BCUT2D eigenvalue weighted by atomic mass is 10.0. The van der Waals surface area contributed by atoms with E-state index in [0.717, 1.165) is 34.7 Å². The van der Waals surface area contributed by atoms with E-state index in [1.165, 1.54) is 0 Å². The van der Waals surface area contributed by atoms with Crippen molar-refractivity contribution < 1.29 is 9.84 Å². The van der Waals surface area contributed by atoms with Gasteiger partial charge in [0.2, 0.25) is 0 Å². The highest BCUT2D eigenvalue weighted by Crippen LogP contribution is 2.28. The smallest absolute Gasteiger partial charge is 0.124 e. The molecule has 0 saturated carbocycles. The van der Waals surface area contributed by atoms with Gasteiger partial charge in [-0.1, -0.05) is 19.1 Å². The zero-order valence-electron chi connectivity index (χ0n) is 12.6. The highest BCUT2D eigenvalue weighted by atomic mass is 16.5. The molecule has 1 atom stereocenters. The third-order valence-corrected chi connectivity index (χ3v) is 3.54. The van der Waals surface area contributed by atoms with Crippen LogP contribution in [0.3, 0.4) is 0 Å². The van der Waals surface area contributed by atoms with Crippen molar-refractivity contribution in [3.8, 4) is 5.75 Å². The summed E-state index contributed by atoms with van der Waals surface area (Å²) in [6.07, 6.45) is 0.839. The number of aromatic nitrogens is 2. The van der Waals surface area contributed by atoms with Gasteiger partial charge in [-0.05, 0) is 31.0 Å². The number of nitrogens with zero attached hydrogens (tertiary/aromatic N) is 2. The van der Waals surface area contributed by atoms with E-state index in [9.17, 15) is 5.11 Å². The molecule has 1 aromatic carbocycles. The maximum Gasteiger partial charge on any atom is 0.124 e. The molecule has 0 bridgehead atoms. The molecule has 4 heteroatoms. The van der Waals surface area contributed by atoms with Gasteiger partial charge >= 0.3 is 0 Å². The molecule has 4 nitrogen and oxygen atoms in total. The van der Waals surface area contributed by atoms with E-state index in [1.807, 2.05) is 42.9 Å². The van der Waals surface area contributed by atoms with Crippen molar-refractivity contribution in [2.75, 3.05) is 7.11 Å². The van der Waals surface area contributed by atoms with Crippen LogP contribution in [0.5, 0.6) is 5.75 Å². The van der Waals surface area contributed by atoms with Crippen molar-refractivity contribution in [3.05, 3.63) is 46.8 Å². The van der Waals surface area contributed by atoms with Gasteiger partial charge < -0.3 is 9.84 Å². The topological polar surface area (TPSA) is 47.3 Å². The Hall–Kier alpha value is -1.81. The molecule has 108 valence electrons. The van der Waals surface area contributed by atoms with Gasteiger partial charge in [0.25, 0.3) is 0 Å². The van der Waals surface area contributed by atoms with Crippen LogP contribution in [-0.2, 0) is 19.9 Å². The third kappa shape index (κ3) is 3.02. The minimum Gasteiger partial charge on any atom is -0.496 e. The van der Waals surface area contributed by atoms with Gasteiger partial charge in [-0.2, -0.15) is 5.10 Å². The first kappa shape index (κ1) is 14.6. The Bertz CT molecular complexity index is 590. The maximum absolute atomic E-state index is 10.5. The highest BCUT2D eigenvalue weighted by Gasteiger charge is 2.16. The van der Waals surface area contributed by atoms with Crippen LogP contribution in [0.1, 0.15) is 35.5 Å². The van der Waals surface area contributed by atoms with Gasteiger partial charge in [-0.25, -0.2) is 0 Å². The molecular formula is C16H22N2O2. The molecule has 1 heterocycles. The zero-order valence-corrected chi connectivity index (χ0v) is 12.6.